The van der Waals surface area contributed by atoms with Crippen LogP contribution in [0.1, 0.15) is 17.3 Å². The van der Waals surface area contributed by atoms with E-state index in [1.165, 1.54) is 0 Å². The van der Waals surface area contributed by atoms with Gasteiger partial charge in [0.2, 0.25) is 0 Å². The first kappa shape index (κ1) is 19.7. The van der Waals surface area contributed by atoms with Crippen molar-refractivity contribution in [1.29, 1.82) is 0 Å². The van der Waals surface area contributed by atoms with E-state index in [0.717, 1.165) is 0 Å². The number of hydrogen-bond acceptors (Lipinski definition) is 5. The number of amides is 2. The summed E-state index contributed by atoms with van der Waals surface area (Å²) in [6, 6.07) is 14.0. The molecule has 0 unspecified atom stereocenters. The first-order valence-electron chi connectivity index (χ1n) is 9.16. The van der Waals surface area contributed by atoms with Crippen LogP contribution in [0.5, 0.6) is 11.5 Å². The van der Waals surface area contributed by atoms with E-state index in [4.69, 9.17) is 14.2 Å². The van der Waals surface area contributed by atoms with Gasteiger partial charge < -0.3 is 24.4 Å². The summed E-state index contributed by atoms with van der Waals surface area (Å²) in [6.45, 7) is 3.88. The number of benzene rings is 2. The van der Waals surface area contributed by atoms with Gasteiger partial charge in [-0.2, -0.15) is 0 Å². The Balaban J connectivity index is 1.64. The van der Waals surface area contributed by atoms with E-state index in [1.807, 2.05) is 12.1 Å². The van der Waals surface area contributed by atoms with Gasteiger partial charge in [0, 0.05) is 24.3 Å². The molecule has 3 rings (SSSR count). The van der Waals surface area contributed by atoms with Crippen molar-refractivity contribution in [3.8, 4) is 11.5 Å². The smallest absolute Gasteiger partial charge is 0.265 e. The second-order valence-corrected chi connectivity index (χ2v) is 6.39. The van der Waals surface area contributed by atoms with Crippen molar-refractivity contribution < 1.29 is 23.8 Å². The topological polar surface area (TPSA) is 77.1 Å². The fourth-order valence-electron chi connectivity index (χ4n) is 2.88. The van der Waals surface area contributed by atoms with Crippen LogP contribution in [-0.2, 0) is 9.53 Å². The van der Waals surface area contributed by atoms with Crippen molar-refractivity contribution >= 4 is 17.5 Å². The predicted octanol–water partition coefficient (Wildman–Crippen LogP) is 2.57. The third kappa shape index (κ3) is 4.80. The first-order chi connectivity index (χ1) is 13.6. The molecule has 148 valence electrons. The summed E-state index contributed by atoms with van der Waals surface area (Å²) in [5.74, 6) is 0.656. The van der Waals surface area contributed by atoms with Crippen LogP contribution in [-0.4, -0.2) is 56.2 Å². The van der Waals surface area contributed by atoms with Crippen LogP contribution >= 0.6 is 0 Å². The van der Waals surface area contributed by atoms with Crippen molar-refractivity contribution in [3.63, 3.8) is 0 Å². The number of nitrogens with one attached hydrogen (secondary N) is 1. The Morgan fingerprint density at radius 2 is 1.79 bits per heavy atom. The number of methoxy groups -OCH3 is 1. The number of para-hydroxylation sites is 2. The molecule has 1 saturated heterocycles. The van der Waals surface area contributed by atoms with Crippen molar-refractivity contribution in [3.05, 3.63) is 54.1 Å². The molecule has 1 aliphatic heterocycles. The zero-order chi connectivity index (χ0) is 19.9. The minimum Gasteiger partial charge on any atom is -0.493 e. The van der Waals surface area contributed by atoms with E-state index in [1.54, 1.807) is 55.3 Å². The van der Waals surface area contributed by atoms with Crippen molar-refractivity contribution in [2.24, 2.45) is 0 Å². The molecule has 0 saturated carbocycles. The molecule has 1 heterocycles. The predicted molar refractivity (Wildman–Crippen MR) is 105 cm³/mol. The highest BCUT2D eigenvalue weighted by Gasteiger charge is 2.20. The Morgan fingerprint density at radius 3 is 2.50 bits per heavy atom. The van der Waals surface area contributed by atoms with Crippen LogP contribution in [0.3, 0.4) is 0 Å². The number of anilines is 1. The maximum atomic E-state index is 12.6. The molecule has 1 atom stereocenters. The molecule has 1 fully saturated rings. The molecule has 0 aliphatic carbocycles. The second kappa shape index (κ2) is 9.23. The monoisotopic (exact) mass is 384 g/mol. The zero-order valence-corrected chi connectivity index (χ0v) is 16.0. The number of carbonyl (C=O) groups is 2. The summed E-state index contributed by atoms with van der Waals surface area (Å²) in [5, 5.41) is 2.80. The fraction of sp³-hybridized carbons (Fsp3) is 0.333. The molecule has 0 aromatic heterocycles. The lowest BCUT2D eigenvalue weighted by Gasteiger charge is -2.27. The minimum atomic E-state index is -0.741. The summed E-state index contributed by atoms with van der Waals surface area (Å²) in [6.07, 6.45) is -0.741. The van der Waals surface area contributed by atoms with E-state index in [9.17, 15) is 9.59 Å². The molecule has 0 spiro atoms. The van der Waals surface area contributed by atoms with E-state index in [-0.39, 0.29) is 11.8 Å². The molecule has 1 N–H and O–H groups in total. The summed E-state index contributed by atoms with van der Waals surface area (Å²) < 4.78 is 16.2. The van der Waals surface area contributed by atoms with Crippen molar-refractivity contribution in [1.82, 2.24) is 4.90 Å². The number of ether oxygens (including phenoxy) is 3. The number of nitrogens with zero attached hydrogens (tertiary/aromatic N) is 1. The molecule has 7 nitrogen and oxygen atoms in total. The molecule has 2 aromatic carbocycles. The van der Waals surface area contributed by atoms with E-state index < -0.39 is 6.10 Å². The van der Waals surface area contributed by atoms with Gasteiger partial charge in [-0.3, -0.25) is 9.59 Å². The second-order valence-electron chi connectivity index (χ2n) is 6.39. The molecule has 1 aliphatic rings. The van der Waals surface area contributed by atoms with Gasteiger partial charge >= 0.3 is 0 Å². The number of hydrogen-bond donors (Lipinski definition) is 1. The van der Waals surface area contributed by atoms with E-state index in [2.05, 4.69) is 5.32 Å². The Bertz CT molecular complexity index is 833. The highest BCUT2D eigenvalue weighted by atomic mass is 16.5. The summed E-state index contributed by atoms with van der Waals surface area (Å²) >= 11 is 0. The van der Waals surface area contributed by atoms with Crippen molar-refractivity contribution in [2.45, 2.75) is 13.0 Å². The first-order valence-corrected chi connectivity index (χ1v) is 9.16. The number of morpholine rings is 1. The number of carbonyl (C=O) groups excluding carboxylic acids is 2. The quantitative estimate of drug-likeness (QED) is 0.828. The lowest BCUT2D eigenvalue weighted by atomic mass is 10.1. The standard InChI is InChI=1S/C21H24N2O5/c1-15(28-19-9-4-3-8-18(19)26-2)20(24)22-17-7-5-6-16(14-17)21(25)23-10-12-27-13-11-23/h3-9,14-15H,10-13H2,1-2H3,(H,22,24)/t15-/m0/s1. The van der Waals surface area contributed by atoms with Gasteiger partial charge in [-0.1, -0.05) is 18.2 Å². The Kier molecular flexibility index (Phi) is 6.49. The lowest BCUT2D eigenvalue weighted by Crippen LogP contribution is -2.40. The third-order valence-electron chi connectivity index (χ3n) is 4.42. The summed E-state index contributed by atoms with van der Waals surface area (Å²) in [7, 11) is 1.55. The Morgan fingerprint density at radius 1 is 1.07 bits per heavy atom. The maximum absolute atomic E-state index is 12.6. The van der Waals surface area contributed by atoms with Crippen LogP contribution in [0, 0.1) is 0 Å². The SMILES string of the molecule is COc1ccccc1O[C@@H](C)C(=O)Nc1cccc(C(=O)N2CCOCC2)c1. The van der Waals surface area contributed by atoms with Gasteiger partial charge in [-0.25, -0.2) is 0 Å². The van der Waals surface area contributed by atoms with Crippen LogP contribution < -0.4 is 14.8 Å². The Hall–Kier alpha value is -3.06. The third-order valence-corrected chi connectivity index (χ3v) is 4.42. The van der Waals surface area contributed by atoms with Crippen LogP contribution in [0.2, 0.25) is 0 Å². The molecular formula is C21H24N2O5. The van der Waals surface area contributed by atoms with E-state index >= 15 is 0 Å². The highest BCUT2D eigenvalue weighted by molar-refractivity contribution is 5.98. The van der Waals surface area contributed by atoms with Gasteiger partial charge in [-0.15, -0.1) is 0 Å². The molecule has 0 bridgehead atoms. The lowest BCUT2D eigenvalue weighted by molar-refractivity contribution is -0.122. The summed E-state index contributed by atoms with van der Waals surface area (Å²) in [4.78, 5) is 26.9. The largest absolute Gasteiger partial charge is 0.493 e. The number of rotatable bonds is 6. The van der Waals surface area contributed by atoms with Crippen LogP contribution in [0.15, 0.2) is 48.5 Å². The van der Waals surface area contributed by atoms with E-state index in [0.29, 0.717) is 49.1 Å². The normalized spacial score (nSPS) is 14.9. The van der Waals surface area contributed by atoms with Crippen molar-refractivity contribution in [2.75, 3.05) is 38.7 Å². The molecule has 0 radical (unpaired) electrons. The average Bonchev–Trinajstić information content (AvgIpc) is 2.74. The molecule has 28 heavy (non-hydrogen) atoms. The maximum Gasteiger partial charge on any atom is 0.265 e. The summed E-state index contributed by atoms with van der Waals surface area (Å²) in [5.41, 5.74) is 1.07. The molecular weight excluding hydrogens is 360 g/mol. The van der Waals surface area contributed by atoms with Gasteiger partial charge in [0.05, 0.1) is 20.3 Å². The van der Waals surface area contributed by atoms with Gasteiger partial charge in [-0.05, 0) is 37.3 Å². The van der Waals surface area contributed by atoms with Crippen LogP contribution in [0.25, 0.3) is 0 Å². The van der Waals surface area contributed by atoms with Gasteiger partial charge in [0.25, 0.3) is 11.8 Å². The van der Waals surface area contributed by atoms with Crippen LogP contribution in [0.4, 0.5) is 5.69 Å². The molecule has 2 amide bonds. The molecule has 7 heteroatoms. The highest BCUT2D eigenvalue weighted by Crippen LogP contribution is 2.27. The van der Waals surface area contributed by atoms with Gasteiger partial charge in [0.1, 0.15) is 0 Å². The minimum absolute atomic E-state index is 0.0716. The van der Waals surface area contributed by atoms with Gasteiger partial charge in [0.15, 0.2) is 17.6 Å². The zero-order valence-electron chi connectivity index (χ0n) is 16.0. The Labute approximate surface area is 164 Å². The average molecular weight is 384 g/mol. The molecule has 2 aromatic rings. The fourth-order valence-corrected chi connectivity index (χ4v) is 2.88.